The first-order valence-corrected chi connectivity index (χ1v) is 21.0. The standard InChI is InChI=1S/C16H14O.C15H14O.C15H14.5C2H6/c1-13-7-10-15(11-8-13)16(17)12-9-14-5-3-2-4-6-14;1-16-15-11-9-14(10-12-15)8-7-13-5-3-2-4-6-13;1-13-7-9-15(10-8-13)12-11-14-5-3-2-4-6-14;5*1-2/h2-12H,1H3;2-12H,1H3;2-12H,1H3;5*1-2H3/b12-9+;8-7+;12-11+;;;;;. The number of hydrogen-bond donors (Lipinski definition) is 0. The van der Waals surface area contributed by atoms with E-state index in [9.17, 15) is 4.79 Å². The van der Waals surface area contributed by atoms with Gasteiger partial charge in [0.05, 0.1) is 7.11 Å². The molecule has 0 fully saturated rings. The van der Waals surface area contributed by atoms with Crippen molar-refractivity contribution in [1.29, 1.82) is 0 Å². The molecule has 0 heterocycles. The third-order valence-corrected chi connectivity index (χ3v) is 7.29. The number of aryl methyl sites for hydroxylation is 2. The van der Waals surface area contributed by atoms with E-state index in [0.29, 0.717) is 0 Å². The van der Waals surface area contributed by atoms with Crippen LogP contribution in [0.1, 0.15) is 119 Å². The van der Waals surface area contributed by atoms with Crippen molar-refractivity contribution in [2.45, 2.75) is 83.1 Å². The zero-order valence-electron chi connectivity index (χ0n) is 37.9. The highest BCUT2D eigenvalue weighted by Crippen LogP contribution is 2.14. The van der Waals surface area contributed by atoms with Crippen molar-refractivity contribution in [1.82, 2.24) is 0 Å². The van der Waals surface area contributed by atoms with Gasteiger partial charge in [0.15, 0.2) is 5.78 Å². The molecule has 58 heavy (non-hydrogen) atoms. The van der Waals surface area contributed by atoms with Gasteiger partial charge < -0.3 is 4.74 Å². The Morgan fingerprint density at radius 2 is 0.638 bits per heavy atom. The van der Waals surface area contributed by atoms with Crippen LogP contribution in [0.2, 0.25) is 0 Å². The van der Waals surface area contributed by atoms with E-state index in [1.807, 2.05) is 185 Å². The van der Waals surface area contributed by atoms with E-state index < -0.39 is 0 Å². The van der Waals surface area contributed by atoms with Crippen LogP contribution in [0.3, 0.4) is 0 Å². The Hall–Kier alpha value is -5.99. The summed E-state index contributed by atoms with van der Waals surface area (Å²) >= 11 is 0. The van der Waals surface area contributed by atoms with Gasteiger partial charge in [-0.05, 0) is 59.9 Å². The van der Waals surface area contributed by atoms with E-state index in [4.69, 9.17) is 4.74 Å². The summed E-state index contributed by atoms with van der Waals surface area (Å²) in [5.74, 6) is 0.922. The van der Waals surface area contributed by atoms with Crippen LogP contribution in [0.25, 0.3) is 30.4 Å². The molecule has 2 nitrogen and oxygen atoms in total. The van der Waals surface area contributed by atoms with E-state index in [0.717, 1.165) is 22.4 Å². The van der Waals surface area contributed by atoms with Crippen molar-refractivity contribution >= 4 is 36.2 Å². The van der Waals surface area contributed by atoms with Crippen molar-refractivity contribution in [2.24, 2.45) is 0 Å². The quantitative estimate of drug-likeness (QED) is 0.0874. The van der Waals surface area contributed by atoms with Crippen LogP contribution in [0.4, 0.5) is 0 Å². The number of hydrogen-bond acceptors (Lipinski definition) is 2. The number of methoxy groups -OCH3 is 1. The van der Waals surface area contributed by atoms with Crippen LogP contribution in [-0.2, 0) is 0 Å². The maximum atomic E-state index is 11.8. The fourth-order valence-corrected chi connectivity index (χ4v) is 4.46. The average molecular weight is 777 g/mol. The Kier molecular flexibility index (Phi) is 35.4. The highest BCUT2D eigenvalue weighted by molar-refractivity contribution is 6.06. The van der Waals surface area contributed by atoms with Gasteiger partial charge in [0.2, 0.25) is 0 Å². The fraction of sp³-hybridized carbons (Fsp3) is 0.232. The van der Waals surface area contributed by atoms with Crippen LogP contribution in [0.15, 0.2) is 170 Å². The molecular formula is C56H72O2. The molecule has 0 saturated carbocycles. The molecule has 6 aromatic rings. The number of carbonyl (C=O) groups is 1. The number of rotatable bonds is 8. The van der Waals surface area contributed by atoms with E-state index >= 15 is 0 Å². The van der Waals surface area contributed by atoms with Gasteiger partial charge in [0.25, 0.3) is 0 Å². The van der Waals surface area contributed by atoms with E-state index in [1.165, 1.54) is 27.8 Å². The lowest BCUT2D eigenvalue weighted by Gasteiger charge is -1.99. The van der Waals surface area contributed by atoms with Crippen molar-refractivity contribution < 1.29 is 9.53 Å². The zero-order valence-corrected chi connectivity index (χ0v) is 37.9. The second-order valence-electron chi connectivity index (χ2n) is 11.1. The lowest BCUT2D eigenvalue weighted by atomic mass is 10.1. The summed E-state index contributed by atoms with van der Waals surface area (Å²) in [4.78, 5) is 11.8. The number of ether oxygens (including phenoxy) is 1. The lowest BCUT2D eigenvalue weighted by molar-refractivity contribution is 0.104. The van der Waals surface area contributed by atoms with Crippen LogP contribution < -0.4 is 4.74 Å². The fourth-order valence-electron chi connectivity index (χ4n) is 4.46. The van der Waals surface area contributed by atoms with Gasteiger partial charge in [0.1, 0.15) is 5.75 Å². The van der Waals surface area contributed by atoms with Crippen LogP contribution in [0.5, 0.6) is 5.75 Å². The molecule has 2 heteroatoms. The smallest absolute Gasteiger partial charge is 0.185 e. The third kappa shape index (κ3) is 25.2. The maximum Gasteiger partial charge on any atom is 0.185 e. The number of carbonyl (C=O) groups excluding carboxylic acids is 1. The first-order chi connectivity index (χ1) is 28.5. The van der Waals surface area contributed by atoms with Gasteiger partial charge in [0, 0.05) is 5.56 Å². The summed E-state index contributed by atoms with van der Waals surface area (Å²) in [6, 6.07) is 54.5. The van der Waals surface area contributed by atoms with E-state index in [1.54, 1.807) is 13.2 Å². The molecule has 6 rings (SSSR count). The van der Waals surface area contributed by atoms with Crippen molar-refractivity contribution in [3.8, 4) is 5.75 Å². The monoisotopic (exact) mass is 777 g/mol. The number of allylic oxidation sites excluding steroid dienone is 1. The van der Waals surface area contributed by atoms with Crippen molar-refractivity contribution in [3.05, 3.63) is 214 Å². The molecule has 0 aliphatic rings. The molecule has 0 unspecified atom stereocenters. The topological polar surface area (TPSA) is 26.3 Å². The van der Waals surface area contributed by atoms with Gasteiger partial charge in [-0.1, -0.05) is 262 Å². The van der Waals surface area contributed by atoms with Crippen LogP contribution in [-0.4, -0.2) is 12.9 Å². The highest BCUT2D eigenvalue weighted by atomic mass is 16.5. The van der Waals surface area contributed by atoms with E-state index in [-0.39, 0.29) is 5.78 Å². The maximum absolute atomic E-state index is 11.8. The molecule has 0 spiro atoms. The Bertz CT molecular complexity index is 1870. The number of benzene rings is 6. The first kappa shape index (κ1) is 54.1. The molecule has 6 aromatic carbocycles. The minimum absolute atomic E-state index is 0.0360. The van der Waals surface area contributed by atoms with Gasteiger partial charge in [-0.25, -0.2) is 0 Å². The normalized spacial score (nSPS) is 9.33. The molecule has 0 aliphatic heterocycles. The Morgan fingerprint density at radius 3 is 0.966 bits per heavy atom. The highest BCUT2D eigenvalue weighted by Gasteiger charge is 2.00. The summed E-state index contributed by atoms with van der Waals surface area (Å²) in [5.41, 5.74) is 9.07. The summed E-state index contributed by atoms with van der Waals surface area (Å²) in [6.45, 7) is 24.1. The molecular weight excluding hydrogens is 705 g/mol. The Morgan fingerprint density at radius 1 is 0.362 bits per heavy atom. The second-order valence-corrected chi connectivity index (χ2v) is 11.1. The Balaban J connectivity index is 0. The summed E-state index contributed by atoms with van der Waals surface area (Å²) in [7, 11) is 1.68. The van der Waals surface area contributed by atoms with Gasteiger partial charge >= 0.3 is 0 Å². The predicted octanol–water partition coefficient (Wildman–Crippen LogP) is 17.1. The number of ketones is 1. The molecule has 0 atom stereocenters. The average Bonchev–Trinajstić information content (AvgIpc) is 3.32. The molecule has 0 aliphatic carbocycles. The van der Waals surface area contributed by atoms with Gasteiger partial charge in [-0.2, -0.15) is 0 Å². The largest absolute Gasteiger partial charge is 0.497 e. The minimum Gasteiger partial charge on any atom is -0.497 e. The van der Waals surface area contributed by atoms with Crippen LogP contribution in [0, 0.1) is 13.8 Å². The van der Waals surface area contributed by atoms with Gasteiger partial charge in [-0.15, -0.1) is 0 Å². The van der Waals surface area contributed by atoms with Crippen molar-refractivity contribution in [3.63, 3.8) is 0 Å². The Labute approximate surface area is 354 Å². The van der Waals surface area contributed by atoms with Crippen LogP contribution >= 0.6 is 0 Å². The summed E-state index contributed by atoms with van der Waals surface area (Å²) in [6.07, 6.45) is 11.9. The summed E-state index contributed by atoms with van der Waals surface area (Å²) in [5, 5.41) is 0. The molecule has 0 radical (unpaired) electrons. The zero-order chi connectivity index (χ0) is 43.8. The lowest BCUT2D eigenvalue weighted by Crippen LogP contribution is -1.93. The SMILES string of the molecule is CC.CC.CC.CC.CC.COc1ccc(/C=C/c2ccccc2)cc1.Cc1ccc(/C=C/c2ccccc2)cc1.Cc1ccc(C(=O)/C=C/c2ccccc2)cc1. The molecule has 0 aromatic heterocycles. The molecule has 308 valence electrons. The van der Waals surface area contributed by atoms with Crippen molar-refractivity contribution in [2.75, 3.05) is 7.11 Å². The minimum atomic E-state index is 0.0360. The predicted molar refractivity (Wildman–Crippen MR) is 263 cm³/mol. The van der Waals surface area contributed by atoms with Gasteiger partial charge in [-0.3, -0.25) is 4.79 Å². The molecule has 0 N–H and O–H groups in total. The summed E-state index contributed by atoms with van der Waals surface area (Å²) < 4.78 is 5.11. The molecule has 0 bridgehead atoms. The molecule has 0 saturated heterocycles. The molecule has 0 amide bonds. The third-order valence-electron chi connectivity index (χ3n) is 7.29. The second kappa shape index (κ2) is 37.9. The van der Waals surface area contributed by atoms with E-state index in [2.05, 4.69) is 91.9 Å². The first-order valence-electron chi connectivity index (χ1n) is 21.0.